The normalized spacial score (nSPS) is 27.0. The van der Waals surface area contributed by atoms with Crippen molar-refractivity contribution in [3.63, 3.8) is 0 Å². The minimum atomic E-state index is -1.00. The number of esters is 1. The van der Waals surface area contributed by atoms with Crippen LogP contribution in [0.4, 0.5) is 14.9 Å². The standard InChI is InChI=1S/C16H18FNO5S/c1-22-15(19)14-9-18(16(20)23-14)11-2-3-12(13(17)8-11)10-4-6-24(21)7-5-10/h2-3,8,10,14H,4-7,9H2,1H3/t10?,14-,24?/m1/s1. The molecule has 0 spiro atoms. The Hall–Kier alpha value is -1.96. The van der Waals surface area contributed by atoms with Crippen LogP contribution < -0.4 is 4.90 Å². The summed E-state index contributed by atoms with van der Waals surface area (Å²) in [5, 5.41) is 0. The minimum Gasteiger partial charge on any atom is -0.466 e. The fourth-order valence-corrected chi connectivity index (χ4v) is 4.35. The molecular formula is C16H18FNO5S. The number of carbonyl (C=O) groups is 2. The number of rotatable bonds is 3. The van der Waals surface area contributed by atoms with Crippen LogP contribution in [0.2, 0.25) is 0 Å². The van der Waals surface area contributed by atoms with E-state index >= 15 is 0 Å². The van der Waals surface area contributed by atoms with Crippen LogP contribution in [0.1, 0.15) is 24.3 Å². The Morgan fingerprint density at radius 3 is 2.71 bits per heavy atom. The van der Waals surface area contributed by atoms with Gasteiger partial charge in [-0.3, -0.25) is 9.11 Å². The molecule has 3 rings (SSSR count). The molecule has 1 amide bonds. The summed E-state index contributed by atoms with van der Waals surface area (Å²) in [6.07, 6.45) is -0.317. The van der Waals surface area contributed by atoms with Gasteiger partial charge in [-0.1, -0.05) is 6.07 Å². The fourth-order valence-electron chi connectivity index (χ4n) is 3.05. The molecule has 2 fully saturated rings. The molecule has 8 heteroatoms. The smallest absolute Gasteiger partial charge is 0.415 e. The Bertz CT molecular complexity index is 685. The van der Waals surface area contributed by atoms with Crippen LogP contribution >= 0.6 is 0 Å². The Balaban J connectivity index is 1.76. The summed E-state index contributed by atoms with van der Waals surface area (Å²) in [6.45, 7) is -0.00724. The number of carbonyl (C=O) groups excluding carboxylic acids is 2. The van der Waals surface area contributed by atoms with Gasteiger partial charge in [0, 0.05) is 22.3 Å². The maximum absolute atomic E-state index is 14.5. The van der Waals surface area contributed by atoms with E-state index in [0.717, 1.165) is 0 Å². The number of halogens is 1. The van der Waals surface area contributed by atoms with Crippen LogP contribution in [0.3, 0.4) is 0 Å². The van der Waals surface area contributed by atoms with Crippen molar-refractivity contribution in [1.82, 2.24) is 0 Å². The second-order valence-electron chi connectivity index (χ2n) is 5.83. The zero-order valence-electron chi connectivity index (χ0n) is 13.2. The number of cyclic esters (lactones) is 1. The molecule has 2 aliphatic rings. The lowest BCUT2D eigenvalue weighted by atomic mass is 9.93. The third kappa shape index (κ3) is 3.28. The summed E-state index contributed by atoms with van der Waals surface area (Å²) in [4.78, 5) is 24.6. The molecular weight excluding hydrogens is 337 g/mol. The van der Waals surface area contributed by atoms with Crippen molar-refractivity contribution in [2.75, 3.05) is 30.1 Å². The Morgan fingerprint density at radius 1 is 1.38 bits per heavy atom. The topological polar surface area (TPSA) is 72.9 Å². The summed E-state index contributed by atoms with van der Waals surface area (Å²) < 4.78 is 35.4. The SMILES string of the molecule is COC(=O)[C@H]1CN(c2ccc(C3CCS(=O)CC3)c(F)c2)C(=O)O1. The summed E-state index contributed by atoms with van der Waals surface area (Å²) in [5.41, 5.74) is 0.916. The van der Waals surface area contributed by atoms with Gasteiger partial charge in [0.2, 0.25) is 6.10 Å². The van der Waals surface area contributed by atoms with E-state index in [-0.39, 0.29) is 12.5 Å². The van der Waals surface area contributed by atoms with E-state index in [1.165, 1.54) is 18.1 Å². The van der Waals surface area contributed by atoms with Gasteiger partial charge in [0.25, 0.3) is 0 Å². The summed E-state index contributed by atoms with van der Waals surface area (Å²) in [6, 6.07) is 4.58. The lowest BCUT2D eigenvalue weighted by Crippen LogP contribution is -2.28. The van der Waals surface area contributed by atoms with Gasteiger partial charge < -0.3 is 9.47 Å². The fraction of sp³-hybridized carbons (Fsp3) is 0.500. The number of benzene rings is 1. The molecule has 0 aliphatic carbocycles. The zero-order valence-corrected chi connectivity index (χ0v) is 14.0. The van der Waals surface area contributed by atoms with Crippen molar-refractivity contribution in [2.24, 2.45) is 0 Å². The van der Waals surface area contributed by atoms with Gasteiger partial charge in [0.15, 0.2) is 0 Å². The number of hydrogen-bond donors (Lipinski definition) is 0. The first-order valence-electron chi connectivity index (χ1n) is 7.70. The number of anilines is 1. The average Bonchev–Trinajstić information content (AvgIpc) is 2.97. The molecule has 1 aromatic rings. The van der Waals surface area contributed by atoms with Crippen molar-refractivity contribution >= 4 is 28.5 Å². The number of nitrogens with zero attached hydrogens (tertiary/aromatic N) is 1. The van der Waals surface area contributed by atoms with E-state index < -0.39 is 34.8 Å². The van der Waals surface area contributed by atoms with Crippen molar-refractivity contribution < 1.29 is 27.7 Å². The van der Waals surface area contributed by atoms with Crippen LogP contribution in [0.25, 0.3) is 0 Å². The molecule has 2 saturated heterocycles. The maximum atomic E-state index is 14.5. The van der Waals surface area contributed by atoms with Crippen LogP contribution in [0.15, 0.2) is 18.2 Å². The number of ether oxygens (including phenoxy) is 2. The van der Waals surface area contributed by atoms with Gasteiger partial charge in [0.05, 0.1) is 19.3 Å². The molecule has 6 nitrogen and oxygen atoms in total. The number of methoxy groups -OCH3 is 1. The van der Waals surface area contributed by atoms with Crippen molar-refractivity contribution in [3.8, 4) is 0 Å². The van der Waals surface area contributed by atoms with Gasteiger partial charge in [0.1, 0.15) is 5.82 Å². The summed E-state index contributed by atoms with van der Waals surface area (Å²) >= 11 is 0. The zero-order chi connectivity index (χ0) is 17.3. The number of amides is 1. The average molecular weight is 355 g/mol. The lowest BCUT2D eigenvalue weighted by Gasteiger charge is -2.23. The highest BCUT2D eigenvalue weighted by atomic mass is 32.2. The quantitative estimate of drug-likeness (QED) is 0.775. The van der Waals surface area contributed by atoms with E-state index in [2.05, 4.69) is 4.74 Å². The minimum absolute atomic E-state index is 0.00724. The molecule has 2 heterocycles. The summed E-state index contributed by atoms with van der Waals surface area (Å²) in [7, 11) is 0.415. The second-order valence-corrected chi connectivity index (χ2v) is 7.53. The van der Waals surface area contributed by atoms with E-state index in [9.17, 15) is 18.2 Å². The first kappa shape index (κ1) is 16.9. The molecule has 0 unspecified atom stereocenters. The Labute approximate surface area is 141 Å². The van der Waals surface area contributed by atoms with Crippen molar-refractivity contribution in [2.45, 2.75) is 24.9 Å². The molecule has 0 saturated carbocycles. The van der Waals surface area contributed by atoms with E-state index in [0.29, 0.717) is 35.6 Å². The highest BCUT2D eigenvalue weighted by Gasteiger charge is 2.38. The molecule has 2 aliphatic heterocycles. The third-order valence-corrected chi connectivity index (χ3v) is 5.78. The Kier molecular flexibility index (Phi) is 4.84. The Morgan fingerprint density at radius 2 is 2.08 bits per heavy atom. The molecule has 1 aromatic carbocycles. The van der Waals surface area contributed by atoms with Gasteiger partial charge in [-0.25, -0.2) is 14.0 Å². The molecule has 0 bridgehead atoms. The van der Waals surface area contributed by atoms with Crippen LogP contribution in [0.5, 0.6) is 0 Å². The van der Waals surface area contributed by atoms with Crippen LogP contribution in [-0.2, 0) is 25.1 Å². The highest BCUT2D eigenvalue weighted by molar-refractivity contribution is 7.85. The van der Waals surface area contributed by atoms with Crippen LogP contribution in [-0.4, -0.2) is 47.5 Å². The van der Waals surface area contributed by atoms with Crippen molar-refractivity contribution in [1.29, 1.82) is 0 Å². The molecule has 0 N–H and O–H groups in total. The van der Waals surface area contributed by atoms with Gasteiger partial charge in [-0.05, 0) is 36.5 Å². The monoisotopic (exact) mass is 355 g/mol. The summed E-state index contributed by atoms with van der Waals surface area (Å²) in [5.74, 6) is 0.179. The van der Waals surface area contributed by atoms with Crippen molar-refractivity contribution in [3.05, 3.63) is 29.6 Å². The molecule has 130 valence electrons. The van der Waals surface area contributed by atoms with Gasteiger partial charge in [-0.2, -0.15) is 0 Å². The third-order valence-electron chi connectivity index (χ3n) is 4.40. The molecule has 24 heavy (non-hydrogen) atoms. The predicted molar refractivity (Wildman–Crippen MR) is 85.9 cm³/mol. The van der Waals surface area contributed by atoms with E-state index in [4.69, 9.17) is 4.74 Å². The van der Waals surface area contributed by atoms with E-state index in [1.54, 1.807) is 12.1 Å². The maximum Gasteiger partial charge on any atom is 0.415 e. The molecule has 0 aromatic heterocycles. The lowest BCUT2D eigenvalue weighted by molar-refractivity contribution is -0.148. The second kappa shape index (κ2) is 6.88. The highest BCUT2D eigenvalue weighted by Crippen LogP contribution is 2.32. The number of hydrogen-bond acceptors (Lipinski definition) is 5. The molecule has 0 radical (unpaired) electrons. The first-order valence-corrected chi connectivity index (χ1v) is 9.19. The predicted octanol–water partition coefficient (Wildman–Crippen LogP) is 1.95. The largest absolute Gasteiger partial charge is 0.466 e. The molecule has 1 atom stereocenters. The van der Waals surface area contributed by atoms with Gasteiger partial charge >= 0.3 is 12.1 Å². The first-order chi connectivity index (χ1) is 11.5. The van der Waals surface area contributed by atoms with Gasteiger partial charge in [-0.15, -0.1) is 0 Å². The van der Waals surface area contributed by atoms with E-state index in [1.807, 2.05) is 0 Å². The van der Waals surface area contributed by atoms with Crippen LogP contribution in [0, 0.1) is 5.82 Å².